The van der Waals surface area contributed by atoms with Crippen LogP contribution in [0.25, 0.3) is 0 Å². The number of carbonyl (C=O) groups excluding carboxylic acids is 2. The third-order valence-corrected chi connectivity index (χ3v) is 9.24. The van der Waals surface area contributed by atoms with Crippen LogP contribution in [0.4, 0.5) is 10.3 Å². The number of nitrogens with zero attached hydrogens (tertiary/aromatic N) is 4. The van der Waals surface area contributed by atoms with Gasteiger partial charge in [-0.1, -0.05) is 85.2 Å². The Bertz CT molecular complexity index is 1340. The fourth-order valence-electron chi connectivity index (χ4n) is 4.53. The summed E-state index contributed by atoms with van der Waals surface area (Å²) >= 11 is 9.74. The third kappa shape index (κ3) is 7.31. The first-order valence-electron chi connectivity index (χ1n) is 12.2. The number of carbonyl (C=O) groups is 2. The highest BCUT2D eigenvalue weighted by Gasteiger charge is 2.29. The van der Waals surface area contributed by atoms with E-state index in [0.29, 0.717) is 10.3 Å². The highest BCUT2D eigenvalue weighted by Crippen LogP contribution is 2.43. The number of halogens is 2. The maximum Gasteiger partial charge on any atom is 0.230 e. The maximum absolute atomic E-state index is 12.5. The molecule has 2 amide bonds. The van der Waals surface area contributed by atoms with Gasteiger partial charge in [0.05, 0.1) is 12.8 Å². The molecule has 2 N–H and O–H groups in total. The Kier molecular flexibility index (Phi) is 8.93. The van der Waals surface area contributed by atoms with Crippen molar-refractivity contribution >= 4 is 76.6 Å². The minimum absolute atomic E-state index is 0.115. The van der Waals surface area contributed by atoms with E-state index in [0.717, 1.165) is 55.8 Å². The molecule has 8 nitrogen and oxygen atoms in total. The van der Waals surface area contributed by atoms with Crippen molar-refractivity contribution < 1.29 is 9.59 Å². The Hall–Kier alpha value is -2.54. The number of amides is 2. The van der Waals surface area contributed by atoms with Crippen LogP contribution in [0.1, 0.15) is 58.7 Å². The van der Waals surface area contributed by atoms with Crippen LogP contribution in [0, 0.1) is 0 Å². The van der Waals surface area contributed by atoms with E-state index in [4.69, 9.17) is 0 Å². The van der Waals surface area contributed by atoms with Gasteiger partial charge in [0.25, 0.3) is 0 Å². The zero-order chi connectivity index (χ0) is 26.5. The Labute approximate surface area is 245 Å². The van der Waals surface area contributed by atoms with Crippen LogP contribution in [0.15, 0.2) is 57.5 Å². The molecule has 4 aromatic rings. The smallest absolute Gasteiger partial charge is 0.230 e. The molecular formula is C26H24Br2N6O2S2. The van der Waals surface area contributed by atoms with Crippen LogP contribution in [0.2, 0.25) is 0 Å². The lowest BCUT2D eigenvalue weighted by atomic mass is 9.82. The minimum atomic E-state index is -0.115. The fourth-order valence-corrected chi connectivity index (χ4v) is 7.24. The summed E-state index contributed by atoms with van der Waals surface area (Å²) in [5, 5.41) is 25.9. The second-order valence-electron chi connectivity index (χ2n) is 9.16. The molecule has 2 aromatic heterocycles. The number of rotatable bonds is 8. The molecule has 0 aliphatic heterocycles. The molecule has 1 saturated carbocycles. The minimum Gasteiger partial charge on any atom is -0.300 e. The Morgan fingerprint density at radius 2 is 1.24 bits per heavy atom. The largest absolute Gasteiger partial charge is 0.300 e. The van der Waals surface area contributed by atoms with Gasteiger partial charge < -0.3 is 10.6 Å². The van der Waals surface area contributed by atoms with Crippen LogP contribution in [0.5, 0.6) is 0 Å². The number of hydrogen-bond acceptors (Lipinski definition) is 8. The van der Waals surface area contributed by atoms with Crippen molar-refractivity contribution in [2.45, 2.75) is 50.4 Å². The molecule has 2 aromatic carbocycles. The van der Waals surface area contributed by atoms with Gasteiger partial charge in [0.1, 0.15) is 10.0 Å². The van der Waals surface area contributed by atoms with Crippen molar-refractivity contribution in [3.05, 3.63) is 78.6 Å². The molecule has 2 heterocycles. The molecule has 5 rings (SSSR count). The summed E-state index contributed by atoms with van der Waals surface area (Å²) in [7, 11) is 0. The molecule has 0 unspecified atom stereocenters. The van der Waals surface area contributed by atoms with Crippen molar-refractivity contribution in [1.29, 1.82) is 0 Å². The molecule has 2 atom stereocenters. The molecule has 0 radical (unpaired) electrons. The summed E-state index contributed by atoms with van der Waals surface area (Å²) < 4.78 is 1.89. The van der Waals surface area contributed by atoms with Gasteiger partial charge in [-0.05, 0) is 54.7 Å². The van der Waals surface area contributed by atoms with E-state index in [2.05, 4.69) is 62.9 Å². The van der Waals surface area contributed by atoms with E-state index >= 15 is 0 Å². The molecule has 0 saturated heterocycles. The SMILES string of the molecule is O=C(Cc1cccc(Br)c1)Nc1nnc([C@H]2CCC[C@H](c3nnc(NC(=O)Cc4cccc(Br)c4)s3)C2)s1. The van der Waals surface area contributed by atoms with Crippen molar-refractivity contribution in [2.75, 3.05) is 10.6 Å². The van der Waals surface area contributed by atoms with E-state index in [1.165, 1.54) is 22.7 Å². The van der Waals surface area contributed by atoms with Crippen LogP contribution < -0.4 is 10.6 Å². The molecule has 196 valence electrons. The molecule has 0 bridgehead atoms. The summed E-state index contributed by atoms with van der Waals surface area (Å²) in [5.74, 6) is 0.271. The van der Waals surface area contributed by atoms with E-state index in [1.807, 2.05) is 48.5 Å². The molecular weight excluding hydrogens is 652 g/mol. The lowest BCUT2D eigenvalue weighted by Crippen LogP contribution is -2.14. The monoisotopic (exact) mass is 674 g/mol. The quantitative estimate of drug-likeness (QED) is 0.215. The summed E-state index contributed by atoms with van der Waals surface area (Å²) in [6.07, 6.45) is 4.53. The fraction of sp³-hybridized carbons (Fsp3) is 0.308. The lowest BCUT2D eigenvalue weighted by Gasteiger charge is -2.25. The van der Waals surface area contributed by atoms with Gasteiger partial charge in [-0.2, -0.15) is 0 Å². The van der Waals surface area contributed by atoms with Gasteiger partial charge >= 0.3 is 0 Å². The topological polar surface area (TPSA) is 110 Å². The lowest BCUT2D eigenvalue weighted by molar-refractivity contribution is -0.116. The number of nitrogens with one attached hydrogen (secondary N) is 2. The van der Waals surface area contributed by atoms with Crippen LogP contribution in [0.3, 0.4) is 0 Å². The molecule has 1 fully saturated rings. The second kappa shape index (κ2) is 12.5. The van der Waals surface area contributed by atoms with Gasteiger partial charge in [-0.25, -0.2) is 0 Å². The standard InChI is InChI=1S/C26H24Br2N6O2S2/c27-19-8-1-4-15(10-19)12-21(35)29-25-33-31-23(37-25)17-6-3-7-18(14-17)24-32-34-26(38-24)30-22(36)13-16-5-2-9-20(28)11-16/h1-2,4-5,8-11,17-18H,3,6-7,12-14H2,(H,29,33,35)(H,30,34,36)/t17-,18-/m0/s1. The van der Waals surface area contributed by atoms with Crippen LogP contribution in [-0.4, -0.2) is 32.2 Å². The zero-order valence-electron chi connectivity index (χ0n) is 20.2. The molecule has 1 aliphatic rings. The molecule has 38 heavy (non-hydrogen) atoms. The Morgan fingerprint density at radius 1 is 0.763 bits per heavy atom. The Morgan fingerprint density at radius 3 is 1.68 bits per heavy atom. The molecule has 1 aliphatic carbocycles. The van der Waals surface area contributed by atoms with Crippen molar-refractivity contribution in [3.63, 3.8) is 0 Å². The first kappa shape index (κ1) is 27.0. The summed E-state index contributed by atoms with van der Waals surface area (Å²) in [6.45, 7) is 0. The number of anilines is 2. The van der Waals surface area contributed by atoms with Crippen LogP contribution in [-0.2, 0) is 22.4 Å². The summed E-state index contributed by atoms with van der Waals surface area (Å²) in [5.41, 5.74) is 1.86. The van der Waals surface area contributed by atoms with Gasteiger partial charge in [-0.15, -0.1) is 20.4 Å². The van der Waals surface area contributed by atoms with E-state index in [9.17, 15) is 9.59 Å². The second-order valence-corrected chi connectivity index (χ2v) is 13.0. The van der Waals surface area contributed by atoms with Gasteiger partial charge in [-0.3, -0.25) is 9.59 Å². The molecule has 0 spiro atoms. The normalized spacial score (nSPS) is 17.2. The van der Waals surface area contributed by atoms with Gasteiger partial charge in [0, 0.05) is 20.8 Å². The predicted octanol–water partition coefficient (Wildman–Crippen LogP) is 6.72. The van der Waals surface area contributed by atoms with Crippen molar-refractivity contribution in [1.82, 2.24) is 20.4 Å². The average molecular weight is 676 g/mol. The Balaban J connectivity index is 1.15. The molecule has 12 heteroatoms. The van der Waals surface area contributed by atoms with Crippen LogP contribution >= 0.6 is 54.5 Å². The first-order chi connectivity index (χ1) is 18.4. The van der Waals surface area contributed by atoms with Crippen molar-refractivity contribution in [3.8, 4) is 0 Å². The van der Waals surface area contributed by atoms with Crippen molar-refractivity contribution in [2.24, 2.45) is 0 Å². The summed E-state index contributed by atoms with van der Waals surface area (Å²) in [6, 6.07) is 15.4. The van der Waals surface area contributed by atoms with Gasteiger partial charge in [0.2, 0.25) is 22.1 Å². The highest BCUT2D eigenvalue weighted by molar-refractivity contribution is 9.10. The zero-order valence-corrected chi connectivity index (χ0v) is 25.0. The van der Waals surface area contributed by atoms with E-state index in [-0.39, 0.29) is 36.5 Å². The first-order valence-corrected chi connectivity index (χ1v) is 15.4. The number of benzene rings is 2. The van der Waals surface area contributed by atoms with E-state index < -0.39 is 0 Å². The van der Waals surface area contributed by atoms with Gasteiger partial charge in [0.15, 0.2) is 0 Å². The maximum atomic E-state index is 12.5. The average Bonchev–Trinajstić information content (AvgIpc) is 3.54. The van der Waals surface area contributed by atoms with E-state index in [1.54, 1.807) is 0 Å². The third-order valence-electron chi connectivity index (χ3n) is 6.25. The number of aromatic nitrogens is 4. The highest BCUT2D eigenvalue weighted by atomic mass is 79.9. The predicted molar refractivity (Wildman–Crippen MR) is 157 cm³/mol. The summed E-state index contributed by atoms with van der Waals surface area (Å²) in [4.78, 5) is 25.0. The number of hydrogen-bond donors (Lipinski definition) is 2.